The first-order valence-electron chi connectivity index (χ1n) is 31.5. The Morgan fingerprint density at radius 2 is 0.507 bits per heavy atom. The summed E-state index contributed by atoms with van der Waals surface area (Å²) < 4.78 is 16.7. The second kappa shape index (κ2) is 60.2. The summed E-state index contributed by atoms with van der Waals surface area (Å²) in [5.74, 6) is -0.887. The molecule has 0 saturated carbocycles. The third-order valence-corrected chi connectivity index (χ3v) is 14.1. The molecular formula is C65H120O6. The molecule has 0 aromatic rings. The van der Waals surface area contributed by atoms with E-state index in [0.29, 0.717) is 19.3 Å². The summed E-state index contributed by atoms with van der Waals surface area (Å²) in [5.41, 5.74) is 0. The predicted octanol–water partition coefficient (Wildman–Crippen LogP) is 21.2. The summed E-state index contributed by atoms with van der Waals surface area (Å²) in [5, 5.41) is 0. The van der Waals surface area contributed by atoms with Gasteiger partial charge in [-0.2, -0.15) is 0 Å². The molecular weight excluding hydrogens is 877 g/mol. The Bertz CT molecular complexity index is 1190. The van der Waals surface area contributed by atoms with E-state index >= 15 is 0 Å². The summed E-state index contributed by atoms with van der Waals surface area (Å²) in [6.45, 7) is 6.55. The maximum absolute atomic E-state index is 12.8. The Labute approximate surface area is 442 Å². The number of ether oxygens (including phenoxy) is 3. The number of esters is 3. The number of hydrogen-bond donors (Lipinski definition) is 0. The zero-order valence-electron chi connectivity index (χ0n) is 47.8. The van der Waals surface area contributed by atoms with Gasteiger partial charge < -0.3 is 14.2 Å². The molecule has 0 aliphatic carbocycles. The molecule has 1 unspecified atom stereocenters. The predicted molar refractivity (Wildman–Crippen MR) is 307 cm³/mol. The molecule has 0 rings (SSSR count). The Balaban J connectivity index is 3.88. The molecule has 0 aliphatic heterocycles. The van der Waals surface area contributed by atoms with Crippen molar-refractivity contribution >= 4 is 17.9 Å². The number of allylic oxidation sites excluding steroid dienone is 6. The first-order chi connectivity index (χ1) is 35.0. The van der Waals surface area contributed by atoms with Gasteiger partial charge in [0, 0.05) is 19.3 Å². The molecule has 0 aromatic heterocycles. The van der Waals surface area contributed by atoms with Gasteiger partial charge in [0.2, 0.25) is 0 Å². The average Bonchev–Trinajstić information content (AvgIpc) is 3.37. The topological polar surface area (TPSA) is 78.9 Å². The highest BCUT2D eigenvalue weighted by Crippen LogP contribution is 2.17. The van der Waals surface area contributed by atoms with E-state index in [4.69, 9.17) is 14.2 Å². The first kappa shape index (κ1) is 68.6. The molecule has 416 valence electrons. The molecule has 1 atom stereocenters. The minimum Gasteiger partial charge on any atom is -0.462 e. The van der Waals surface area contributed by atoms with Crippen LogP contribution in [-0.2, 0) is 28.6 Å². The Hall–Kier alpha value is -2.37. The maximum atomic E-state index is 12.8. The summed E-state index contributed by atoms with van der Waals surface area (Å²) in [6.07, 6.45) is 73.7. The highest BCUT2D eigenvalue weighted by molar-refractivity contribution is 5.71. The van der Waals surface area contributed by atoms with Gasteiger partial charge in [0.15, 0.2) is 6.10 Å². The standard InChI is InChI=1S/C65H120O6/c1-4-7-10-13-15-17-19-21-23-24-25-26-27-28-29-30-31-32-33-34-35-36-37-38-39-40-42-43-45-47-49-52-55-58-64(67)70-61-62(60-69-63(66)57-54-51-12-9-6-3)71-65(68)59-56-53-50-48-46-44-41-22-20-18-16-14-11-8-5-2/h16,18,22,24-25,41,62H,4-15,17,19-21,23,26-40,42-61H2,1-3H3/b18-16-,25-24-,41-22-. The fraction of sp³-hybridized carbons (Fsp3) is 0.862. The zero-order valence-corrected chi connectivity index (χ0v) is 47.8. The van der Waals surface area contributed by atoms with E-state index in [1.165, 1.54) is 212 Å². The van der Waals surface area contributed by atoms with E-state index < -0.39 is 6.10 Å². The minimum absolute atomic E-state index is 0.0746. The zero-order chi connectivity index (χ0) is 51.4. The molecule has 0 heterocycles. The average molecular weight is 998 g/mol. The van der Waals surface area contributed by atoms with E-state index in [2.05, 4.69) is 57.2 Å². The molecule has 0 amide bonds. The quantitative estimate of drug-likeness (QED) is 0.0261. The lowest BCUT2D eigenvalue weighted by molar-refractivity contribution is -0.167. The largest absolute Gasteiger partial charge is 0.462 e. The van der Waals surface area contributed by atoms with Crippen molar-refractivity contribution < 1.29 is 28.6 Å². The van der Waals surface area contributed by atoms with Gasteiger partial charge in [-0.3, -0.25) is 14.4 Å². The van der Waals surface area contributed by atoms with Crippen LogP contribution in [0, 0.1) is 0 Å². The molecule has 71 heavy (non-hydrogen) atoms. The van der Waals surface area contributed by atoms with E-state index in [0.717, 1.165) is 89.9 Å². The van der Waals surface area contributed by atoms with Crippen molar-refractivity contribution in [1.82, 2.24) is 0 Å². The molecule has 0 spiro atoms. The van der Waals surface area contributed by atoms with Crippen molar-refractivity contribution in [3.05, 3.63) is 36.5 Å². The molecule has 0 bridgehead atoms. The Morgan fingerprint density at radius 1 is 0.282 bits per heavy atom. The van der Waals surface area contributed by atoms with Crippen molar-refractivity contribution in [2.45, 2.75) is 348 Å². The summed E-state index contributed by atoms with van der Waals surface area (Å²) in [7, 11) is 0. The van der Waals surface area contributed by atoms with Crippen LogP contribution in [0.4, 0.5) is 0 Å². The Morgan fingerprint density at radius 3 is 0.817 bits per heavy atom. The van der Waals surface area contributed by atoms with E-state index in [1.807, 2.05) is 0 Å². The van der Waals surface area contributed by atoms with Crippen molar-refractivity contribution in [1.29, 1.82) is 0 Å². The van der Waals surface area contributed by atoms with Gasteiger partial charge in [0.25, 0.3) is 0 Å². The fourth-order valence-electron chi connectivity index (χ4n) is 9.35. The number of carbonyl (C=O) groups is 3. The van der Waals surface area contributed by atoms with Crippen molar-refractivity contribution in [3.63, 3.8) is 0 Å². The summed E-state index contributed by atoms with van der Waals surface area (Å²) in [4.78, 5) is 37.8. The molecule has 0 aliphatic rings. The highest BCUT2D eigenvalue weighted by Gasteiger charge is 2.19. The normalized spacial score (nSPS) is 12.2. The molecule has 0 saturated heterocycles. The number of rotatable bonds is 58. The van der Waals surface area contributed by atoms with Crippen LogP contribution >= 0.6 is 0 Å². The van der Waals surface area contributed by atoms with Gasteiger partial charge in [0.1, 0.15) is 13.2 Å². The molecule has 6 heteroatoms. The van der Waals surface area contributed by atoms with Crippen molar-refractivity contribution in [3.8, 4) is 0 Å². The lowest BCUT2D eigenvalue weighted by atomic mass is 10.0. The number of carbonyl (C=O) groups excluding carboxylic acids is 3. The second-order valence-corrected chi connectivity index (χ2v) is 21.3. The van der Waals surface area contributed by atoms with Gasteiger partial charge in [-0.15, -0.1) is 0 Å². The van der Waals surface area contributed by atoms with Gasteiger partial charge >= 0.3 is 17.9 Å². The highest BCUT2D eigenvalue weighted by atomic mass is 16.6. The molecule has 0 N–H and O–H groups in total. The van der Waals surface area contributed by atoms with Gasteiger partial charge in [0.05, 0.1) is 0 Å². The SMILES string of the molecule is CCCCC/C=C\C/C=C\CCCCCCCC(=O)OC(COC(=O)CCCCCCC)COC(=O)CCCCCCCCCCCCCCCCCCCCCCC/C=C\CCCCCCCCCC. The third-order valence-electron chi connectivity index (χ3n) is 14.1. The lowest BCUT2D eigenvalue weighted by Gasteiger charge is -2.18. The smallest absolute Gasteiger partial charge is 0.306 e. The monoisotopic (exact) mass is 997 g/mol. The van der Waals surface area contributed by atoms with Crippen molar-refractivity contribution in [2.75, 3.05) is 13.2 Å². The van der Waals surface area contributed by atoms with Crippen LogP contribution in [0.3, 0.4) is 0 Å². The summed E-state index contributed by atoms with van der Waals surface area (Å²) >= 11 is 0. The van der Waals surface area contributed by atoms with Crippen LogP contribution in [0.15, 0.2) is 36.5 Å². The number of hydrogen-bond acceptors (Lipinski definition) is 6. The van der Waals surface area contributed by atoms with Crippen LogP contribution < -0.4 is 0 Å². The third kappa shape index (κ3) is 58.4. The molecule has 0 fully saturated rings. The Kier molecular flexibility index (Phi) is 58.2. The van der Waals surface area contributed by atoms with Gasteiger partial charge in [-0.25, -0.2) is 0 Å². The van der Waals surface area contributed by atoms with Gasteiger partial charge in [-0.05, 0) is 77.0 Å². The number of unbranched alkanes of at least 4 members (excludes halogenated alkanes) is 41. The van der Waals surface area contributed by atoms with Crippen molar-refractivity contribution in [2.24, 2.45) is 0 Å². The molecule has 0 aromatic carbocycles. The minimum atomic E-state index is -0.773. The first-order valence-corrected chi connectivity index (χ1v) is 31.5. The molecule has 6 nitrogen and oxygen atoms in total. The van der Waals surface area contributed by atoms with Crippen LogP contribution in [0.25, 0.3) is 0 Å². The van der Waals surface area contributed by atoms with Crippen LogP contribution in [-0.4, -0.2) is 37.2 Å². The van der Waals surface area contributed by atoms with Crippen LogP contribution in [0.2, 0.25) is 0 Å². The van der Waals surface area contributed by atoms with E-state index in [9.17, 15) is 14.4 Å². The van der Waals surface area contributed by atoms with Gasteiger partial charge in [-0.1, -0.05) is 282 Å². The maximum Gasteiger partial charge on any atom is 0.306 e. The lowest BCUT2D eigenvalue weighted by Crippen LogP contribution is -2.30. The second-order valence-electron chi connectivity index (χ2n) is 21.3. The van der Waals surface area contributed by atoms with E-state index in [-0.39, 0.29) is 31.1 Å². The molecule has 0 radical (unpaired) electrons. The van der Waals surface area contributed by atoms with E-state index in [1.54, 1.807) is 0 Å². The van der Waals surface area contributed by atoms with Crippen LogP contribution in [0.1, 0.15) is 342 Å². The summed E-state index contributed by atoms with van der Waals surface area (Å²) in [6, 6.07) is 0. The van der Waals surface area contributed by atoms with Crippen LogP contribution in [0.5, 0.6) is 0 Å². The fourth-order valence-corrected chi connectivity index (χ4v) is 9.35.